The number of hydrogen-bond donors (Lipinski definition) is 1. The van der Waals surface area contributed by atoms with Crippen LogP contribution >= 0.6 is 15.9 Å². The van der Waals surface area contributed by atoms with Crippen LogP contribution in [-0.4, -0.2) is 21.2 Å². The number of nitro benzene ring substituents is 1. The average Bonchev–Trinajstić information content (AvgIpc) is 2.73. The molecule has 0 saturated carbocycles. The van der Waals surface area contributed by atoms with Gasteiger partial charge in [-0.1, -0.05) is 15.9 Å². The van der Waals surface area contributed by atoms with Gasteiger partial charge in [0.25, 0.3) is 5.69 Å². The highest BCUT2D eigenvalue weighted by molar-refractivity contribution is 9.10. The Labute approximate surface area is 131 Å². The van der Waals surface area contributed by atoms with Crippen LogP contribution in [0.1, 0.15) is 17.8 Å². The van der Waals surface area contributed by atoms with E-state index < -0.39 is 0 Å². The Kier molecular flexibility index (Phi) is 4.95. The SMILES string of the molecule is Cc1cc(C)n(CCCNc2cc(Br)ccc2[N+](=O)[O-])n1. The van der Waals surface area contributed by atoms with E-state index in [0.717, 1.165) is 28.8 Å². The molecule has 0 spiro atoms. The van der Waals surface area contributed by atoms with Crippen molar-refractivity contribution in [3.05, 3.63) is 50.2 Å². The number of aryl methyl sites for hydroxylation is 3. The summed E-state index contributed by atoms with van der Waals surface area (Å²) in [5.74, 6) is 0. The van der Waals surface area contributed by atoms with Crippen LogP contribution in [0.5, 0.6) is 0 Å². The molecule has 1 N–H and O–H groups in total. The summed E-state index contributed by atoms with van der Waals surface area (Å²) >= 11 is 3.33. The average molecular weight is 353 g/mol. The van der Waals surface area contributed by atoms with Gasteiger partial charge >= 0.3 is 0 Å². The Morgan fingerprint density at radius 2 is 2.14 bits per heavy atom. The van der Waals surface area contributed by atoms with Crippen molar-refractivity contribution in [2.45, 2.75) is 26.8 Å². The van der Waals surface area contributed by atoms with E-state index in [1.54, 1.807) is 12.1 Å². The maximum Gasteiger partial charge on any atom is 0.292 e. The summed E-state index contributed by atoms with van der Waals surface area (Å²) in [5, 5.41) is 18.5. The molecule has 2 rings (SSSR count). The molecule has 21 heavy (non-hydrogen) atoms. The zero-order valence-electron chi connectivity index (χ0n) is 12.0. The molecule has 0 bridgehead atoms. The molecule has 0 aliphatic carbocycles. The highest BCUT2D eigenvalue weighted by Crippen LogP contribution is 2.27. The number of hydrogen-bond acceptors (Lipinski definition) is 4. The number of nitrogens with one attached hydrogen (secondary N) is 1. The summed E-state index contributed by atoms with van der Waals surface area (Å²) in [6.45, 7) is 5.42. The topological polar surface area (TPSA) is 73.0 Å². The molecule has 0 fully saturated rings. The molecule has 112 valence electrons. The van der Waals surface area contributed by atoms with Crippen molar-refractivity contribution in [2.75, 3.05) is 11.9 Å². The van der Waals surface area contributed by atoms with E-state index in [0.29, 0.717) is 12.2 Å². The van der Waals surface area contributed by atoms with Gasteiger partial charge < -0.3 is 5.32 Å². The van der Waals surface area contributed by atoms with Gasteiger partial charge in [-0.05, 0) is 38.5 Å². The first-order valence-electron chi connectivity index (χ1n) is 6.66. The van der Waals surface area contributed by atoms with Crippen molar-refractivity contribution >= 4 is 27.3 Å². The molecular formula is C14H17BrN4O2. The Morgan fingerprint density at radius 3 is 2.76 bits per heavy atom. The predicted molar refractivity (Wildman–Crippen MR) is 85.6 cm³/mol. The predicted octanol–water partition coefficient (Wildman–Crippen LogP) is 3.67. The molecule has 0 aliphatic rings. The van der Waals surface area contributed by atoms with Gasteiger partial charge in [-0.2, -0.15) is 5.10 Å². The van der Waals surface area contributed by atoms with Gasteiger partial charge in [0.1, 0.15) is 5.69 Å². The molecule has 0 atom stereocenters. The van der Waals surface area contributed by atoms with Crippen molar-refractivity contribution in [1.82, 2.24) is 9.78 Å². The third kappa shape index (κ3) is 4.04. The van der Waals surface area contributed by atoms with Gasteiger partial charge in [0.15, 0.2) is 0 Å². The molecule has 0 unspecified atom stereocenters. The second-order valence-corrected chi connectivity index (χ2v) is 5.76. The van der Waals surface area contributed by atoms with Crippen molar-refractivity contribution < 1.29 is 4.92 Å². The molecule has 0 saturated heterocycles. The van der Waals surface area contributed by atoms with Gasteiger partial charge in [0.2, 0.25) is 0 Å². The number of aromatic nitrogens is 2. The third-order valence-corrected chi connectivity index (χ3v) is 3.61. The standard InChI is InChI=1S/C14H17BrN4O2/c1-10-8-11(2)18(17-10)7-3-6-16-13-9-12(15)4-5-14(13)19(20)21/h4-5,8-9,16H,3,6-7H2,1-2H3. The summed E-state index contributed by atoms with van der Waals surface area (Å²) in [6, 6.07) is 6.92. The van der Waals surface area contributed by atoms with E-state index in [9.17, 15) is 10.1 Å². The highest BCUT2D eigenvalue weighted by Gasteiger charge is 2.13. The fraction of sp³-hybridized carbons (Fsp3) is 0.357. The lowest BCUT2D eigenvalue weighted by atomic mass is 10.2. The summed E-state index contributed by atoms with van der Waals surface area (Å²) in [4.78, 5) is 10.6. The smallest absolute Gasteiger partial charge is 0.292 e. The zero-order valence-corrected chi connectivity index (χ0v) is 13.6. The molecule has 2 aromatic rings. The number of anilines is 1. The molecule has 0 radical (unpaired) electrons. The molecule has 0 aliphatic heterocycles. The first-order chi connectivity index (χ1) is 9.97. The van der Waals surface area contributed by atoms with E-state index in [1.165, 1.54) is 6.07 Å². The molecule has 1 aromatic heterocycles. The fourth-order valence-electron chi connectivity index (χ4n) is 2.16. The summed E-state index contributed by atoms with van der Waals surface area (Å²) in [5.41, 5.74) is 2.75. The second kappa shape index (κ2) is 6.71. The van der Waals surface area contributed by atoms with Gasteiger partial charge in [-0.15, -0.1) is 0 Å². The van der Waals surface area contributed by atoms with Gasteiger partial charge in [-0.25, -0.2) is 0 Å². The lowest BCUT2D eigenvalue weighted by Gasteiger charge is -2.08. The summed E-state index contributed by atoms with van der Waals surface area (Å²) in [7, 11) is 0. The summed E-state index contributed by atoms with van der Waals surface area (Å²) in [6.07, 6.45) is 0.839. The van der Waals surface area contributed by atoms with E-state index in [4.69, 9.17) is 0 Å². The van der Waals surface area contributed by atoms with Crippen LogP contribution in [0.2, 0.25) is 0 Å². The van der Waals surface area contributed by atoms with Gasteiger partial charge in [0, 0.05) is 29.3 Å². The van der Waals surface area contributed by atoms with Crippen LogP contribution in [0, 0.1) is 24.0 Å². The van der Waals surface area contributed by atoms with Crippen LogP contribution in [0.3, 0.4) is 0 Å². The zero-order chi connectivity index (χ0) is 15.4. The number of halogens is 1. The number of benzene rings is 1. The Bertz CT molecular complexity index is 654. The van der Waals surface area contributed by atoms with Crippen LogP contribution in [0.15, 0.2) is 28.7 Å². The van der Waals surface area contributed by atoms with Crippen molar-refractivity contribution in [3.8, 4) is 0 Å². The van der Waals surface area contributed by atoms with Crippen molar-refractivity contribution in [3.63, 3.8) is 0 Å². The van der Waals surface area contributed by atoms with Crippen LogP contribution < -0.4 is 5.32 Å². The molecular weight excluding hydrogens is 336 g/mol. The highest BCUT2D eigenvalue weighted by atomic mass is 79.9. The fourth-order valence-corrected chi connectivity index (χ4v) is 2.52. The Morgan fingerprint density at radius 1 is 1.38 bits per heavy atom. The van der Waals surface area contributed by atoms with E-state index in [2.05, 4.69) is 26.3 Å². The normalized spacial score (nSPS) is 10.6. The monoisotopic (exact) mass is 352 g/mol. The first-order valence-corrected chi connectivity index (χ1v) is 7.45. The quantitative estimate of drug-likeness (QED) is 0.489. The van der Waals surface area contributed by atoms with Gasteiger partial charge in [-0.3, -0.25) is 14.8 Å². The van der Waals surface area contributed by atoms with Crippen molar-refractivity contribution in [1.29, 1.82) is 0 Å². The maximum absolute atomic E-state index is 11.0. The van der Waals surface area contributed by atoms with E-state index in [-0.39, 0.29) is 10.6 Å². The molecule has 7 heteroatoms. The minimum atomic E-state index is -0.379. The number of nitro groups is 1. The number of rotatable bonds is 6. The van der Waals surface area contributed by atoms with Crippen LogP contribution in [-0.2, 0) is 6.54 Å². The maximum atomic E-state index is 11.0. The Balaban J connectivity index is 1.93. The van der Waals surface area contributed by atoms with Crippen LogP contribution in [0.4, 0.5) is 11.4 Å². The first kappa shape index (κ1) is 15.5. The minimum Gasteiger partial charge on any atom is -0.379 e. The minimum absolute atomic E-state index is 0.0873. The molecule has 0 amide bonds. The molecule has 6 nitrogen and oxygen atoms in total. The molecule has 1 heterocycles. The lowest BCUT2D eigenvalue weighted by molar-refractivity contribution is -0.384. The second-order valence-electron chi connectivity index (χ2n) is 4.85. The van der Waals surface area contributed by atoms with Crippen molar-refractivity contribution in [2.24, 2.45) is 0 Å². The van der Waals surface area contributed by atoms with Gasteiger partial charge in [0.05, 0.1) is 10.6 Å². The third-order valence-electron chi connectivity index (χ3n) is 3.12. The van der Waals surface area contributed by atoms with E-state index in [1.807, 2.05) is 24.6 Å². The van der Waals surface area contributed by atoms with Crippen LogP contribution in [0.25, 0.3) is 0 Å². The Hall–Kier alpha value is -1.89. The largest absolute Gasteiger partial charge is 0.379 e. The summed E-state index contributed by atoms with van der Waals surface area (Å²) < 4.78 is 2.76. The molecule has 1 aromatic carbocycles. The number of nitrogens with zero attached hydrogens (tertiary/aromatic N) is 3. The van der Waals surface area contributed by atoms with E-state index >= 15 is 0 Å². The lowest BCUT2D eigenvalue weighted by Crippen LogP contribution is -2.09.